The van der Waals surface area contributed by atoms with Crippen LogP contribution in [-0.4, -0.2) is 32.4 Å². The molecule has 0 aromatic heterocycles. The van der Waals surface area contributed by atoms with Crippen LogP contribution in [0.5, 0.6) is 11.5 Å². The number of aromatic hydroxyl groups is 2. The smallest absolute Gasteiger partial charge is 0.328 e. The number of carboxylic acids is 2. The second kappa shape index (κ2) is 6.89. The van der Waals surface area contributed by atoms with Crippen LogP contribution >= 0.6 is 0 Å². The van der Waals surface area contributed by atoms with Crippen LogP contribution in [0.4, 0.5) is 0 Å². The van der Waals surface area contributed by atoms with Crippen molar-refractivity contribution < 1.29 is 30.0 Å². The quantitative estimate of drug-likeness (QED) is 0.454. The van der Waals surface area contributed by atoms with Crippen LogP contribution in [0.2, 0.25) is 0 Å². The first-order valence-corrected chi connectivity index (χ1v) is 4.45. The van der Waals surface area contributed by atoms with Crippen LogP contribution in [0, 0.1) is 6.92 Å². The summed E-state index contributed by atoms with van der Waals surface area (Å²) in [6.07, 6.45) is 1.12. The van der Waals surface area contributed by atoms with E-state index in [0.29, 0.717) is 12.2 Å². The molecule has 0 atom stereocenters. The van der Waals surface area contributed by atoms with Crippen LogP contribution in [0.15, 0.2) is 30.4 Å². The number of aliphatic carboxylic acids is 2. The van der Waals surface area contributed by atoms with Gasteiger partial charge in [0, 0.05) is 12.2 Å². The number of aryl methyl sites for hydroxylation is 1. The third-order valence-electron chi connectivity index (χ3n) is 1.50. The molecule has 0 radical (unpaired) electrons. The first-order valence-electron chi connectivity index (χ1n) is 4.45. The van der Waals surface area contributed by atoms with E-state index in [1.54, 1.807) is 6.07 Å². The summed E-state index contributed by atoms with van der Waals surface area (Å²) < 4.78 is 0. The molecule has 92 valence electrons. The first kappa shape index (κ1) is 14.5. The highest BCUT2D eigenvalue weighted by molar-refractivity contribution is 5.89. The van der Waals surface area contributed by atoms with E-state index in [-0.39, 0.29) is 11.5 Å². The van der Waals surface area contributed by atoms with E-state index in [1.165, 1.54) is 12.1 Å². The minimum atomic E-state index is -1.26. The van der Waals surface area contributed by atoms with E-state index < -0.39 is 11.9 Å². The fourth-order valence-corrected chi connectivity index (χ4v) is 0.776. The third-order valence-corrected chi connectivity index (χ3v) is 1.50. The molecule has 0 bridgehead atoms. The summed E-state index contributed by atoms with van der Waals surface area (Å²) in [6, 6.07) is 4.70. The molecule has 0 unspecified atom stereocenters. The molecule has 0 aliphatic carbocycles. The third kappa shape index (κ3) is 7.43. The SMILES string of the molecule is Cc1ccc(O)c(O)c1.O=C(O)/C=C/C(=O)O. The molecule has 1 rings (SSSR count). The number of phenols is 2. The van der Waals surface area contributed by atoms with Gasteiger partial charge in [0.05, 0.1) is 0 Å². The number of phenolic OH excluding ortho intramolecular Hbond substituents is 2. The van der Waals surface area contributed by atoms with E-state index in [9.17, 15) is 9.59 Å². The average Bonchev–Trinajstić information content (AvgIpc) is 2.22. The fraction of sp³-hybridized carbons (Fsp3) is 0.0909. The highest BCUT2D eigenvalue weighted by Crippen LogP contribution is 2.23. The van der Waals surface area contributed by atoms with Crippen molar-refractivity contribution in [1.82, 2.24) is 0 Å². The second-order valence-electron chi connectivity index (χ2n) is 3.00. The van der Waals surface area contributed by atoms with Gasteiger partial charge in [0.15, 0.2) is 11.5 Å². The molecule has 0 saturated carbocycles. The lowest BCUT2D eigenvalue weighted by Crippen LogP contribution is -1.91. The summed E-state index contributed by atoms with van der Waals surface area (Å²) in [5.74, 6) is -2.64. The van der Waals surface area contributed by atoms with E-state index >= 15 is 0 Å². The average molecular weight is 240 g/mol. The van der Waals surface area contributed by atoms with Gasteiger partial charge in [-0.2, -0.15) is 0 Å². The van der Waals surface area contributed by atoms with Gasteiger partial charge in [-0.15, -0.1) is 0 Å². The maximum absolute atomic E-state index is 9.55. The van der Waals surface area contributed by atoms with Crippen LogP contribution in [-0.2, 0) is 9.59 Å². The highest BCUT2D eigenvalue weighted by atomic mass is 16.4. The van der Waals surface area contributed by atoms with E-state index in [4.69, 9.17) is 20.4 Å². The Bertz CT molecular complexity index is 420. The molecule has 1 aromatic rings. The van der Waals surface area contributed by atoms with Gasteiger partial charge in [0.25, 0.3) is 0 Å². The summed E-state index contributed by atoms with van der Waals surface area (Å²) in [5, 5.41) is 33.3. The molecular formula is C11H12O6. The minimum absolute atomic E-state index is 0.0602. The Morgan fingerprint density at radius 2 is 1.47 bits per heavy atom. The van der Waals surface area contributed by atoms with Crippen molar-refractivity contribution >= 4 is 11.9 Å². The minimum Gasteiger partial charge on any atom is -0.504 e. The molecule has 17 heavy (non-hydrogen) atoms. The predicted molar refractivity (Wildman–Crippen MR) is 58.9 cm³/mol. The van der Waals surface area contributed by atoms with Crippen molar-refractivity contribution in [2.45, 2.75) is 6.92 Å². The molecule has 0 amide bonds. The van der Waals surface area contributed by atoms with E-state index in [1.807, 2.05) is 6.92 Å². The Balaban J connectivity index is 0.000000304. The molecule has 0 fully saturated rings. The summed E-state index contributed by atoms with van der Waals surface area (Å²) in [7, 11) is 0. The Kier molecular flexibility index (Phi) is 5.87. The summed E-state index contributed by atoms with van der Waals surface area (Å²) in [6.45, 7) is 1.85. The van der Waals surface area contributed by atoms with Crippen molar-refractivity contribution in [1.29, 1.82) is 0 Å². The van der Waals surface area contributed by atoms with Crippen LogP contribution in [0.3, 0.4) is 0 Å². The van der Waals surface area contributed by atoms with Gasteiger partial charge < -0.3 is 20.4 Å². The Labute approximate surface area is 97.1 Å². The van der Waals surface area contributed by atoms with Crippen molar-refractivity contribution in [2.75, 3.05) is 0 Å². The predicted octanol–water partition coefficient (Wildman–Crippen LogP) is 1.12. The molecule has 0 spiro atoms. The topological polar surface area (TPSA) is 115 Å². The van der Waals surface area contributed by atoms with Gasteiger partial charge >= 0.3 is 11.9 Å². The van der Waals surface area contributed by atoms with Gasteiger partial charge in [-0.25, -0.2) is 9.59 Å². The number of hydrogen-bond acceptors (Lipinski definition) is 4. The summed E-state index contributed by atoms with van der Waals surface area (Å²) >= 11 is 0. The Hall–Kier alpha value is -2.50. The van der Waals surface area contributed by atoms with Gasteiger partial charge in [-0.3, -0.25) is 0 Å². The lowest BCUT2D eigenvalue weighted by Gasteiger charge is -1.95. The number of carbonyl (C=O) groups is 2. The monoisotopic (exact) mass is 240 g/mol. The van der Waals surface area contributed by atoms with E-state index in [2.05, 4.69) is 0 Å². The zero-order valence-corrected chi connectivity index (χ0v) is 8.99. The Morgan fingerprint density at radius 3 is 1.76 bits per heavy atom. The number of rotatable bonds is 2. The Morgan fingerprint density at radius 1 is 1.00 bits per heavy atom. The fourth-order valence-electron chi connectivity index (χ4n) is 0.776. The molecule has 0 aliphatic heterocycles. The largest absolute Gasteiger partial charge is 0.504 e. The van der Waals surface area contributed by atoms with Crippen molar-refractivity contribution in [3.05, 3.63) is 35.9 Å². The molecule has 0 saturated heterocycles. The number of benzene rings is 1. The second-order valence-corrected chi connectivity index (χ2v) is 3.00. The normalized spacial score (nSPS) is 9.47. The molecule has 0 heterocycles. The van der Waals surface area contributed by atoms with Crippen molar-refractivity contribution in [3.8, 4) is 11.5 Å². The summed E-state index contributed by atoms with van der Waals surface area (Å²) in [5.41, 5.74) is 0.935. The molecule has 6 heteroatoms. The summed E-state index contributed by atoms with van der Waals surface area (Å²) in [4.78, 5) is 19.1. The zero-order valence-electron chi connectivity index (χ0n) is 8.99. The van der Waals surface area contributed by atoms with Gasteiger partial charge in [0.2, 0.25) is 0 Å². The number of carboxylic acid groups (broad SMARTS) is 2. The van der Waals surface area contributed by atoms with E-state index in [0.717, 1.165) is 5.56 Å². The molecule has 6 nitrogen and oxygen atoms in total. The van der Waals surface area contributed by atoms with Gasteiger partial charge in [-0.1, -0.05) is 6.07 Å². The zero-order chi connectivity index (χ0) is 13.4. The first-order chi connectivity index (χ1) is 7.82. The highest BCUT2D eigenvalue weighted by Gasteiger charge is 1.94. The van der Waals surface area contributed by atoms with Crippen molar-refractivity contribution in [3.63, 3.8) is 0 Å². The molecule has 1 aromatic carbocycles. The molecular weight excluding hydrogens is 228 g/mol. The van der Waals surface area contributed by atoms with Crippen LogP contribution < -0.4 is 0 Å². The molecule has 0 aliphatic rings. The molecule has 4 N–H and O–H groups in total. The van der Waals surface area contributed by atoms with Gasteiger partial charge in [0.1, 0.15) is 0 Å². The lowest BCUT2D eigenvalue weighted by molar-refractivity contribution is -0.134. The maximum atomic E-state index is 9.55. The van der Waals surface area contributed by atoms with Crippen molar-refractivity contribution in [2.24, 2.45) is 0 Å². The number of hydrogen-bond donors (Lipinski definition) is 4. The standard InChI is InChI=1S/C7H8O2.C4H4O4/c1-5-2-3-6(8)7(9)4-5;5-3(6)1-2-4(7)8/h2-4,8-9H,1H3;1-2H,(H,5,6)(H,7,8)/b;2-1+. The van der Waals surface area contributed by atoms with Crippen LogP contribution in [0.25, 0.3) is 0 Å². The maximum Gasteiger partial charge on any atom is 0.328 e. The van der Waals surface area contributed by atoms with Gasteiger partial charge in [-0.05, 0) is 24.6 Å². The lowest BCUT2D eigenvalue weighted by atomic mass is 10.2. The van der Waals surface area contributed by atoms with Crippen LogP contribution in [0.1, 0.15) is 5.56 Å².